The number of ether oxygens (including phenoxy) is 1. The van der Waals surface area contributed by atoms with E-state index >= 15 is 0 Å². The predicted octanol–water partition coefficient (Wildman–Crippen LogP) is 3.18. The summed E-state index contributed by atoms with van der Waals surface area (Å²) in [7, 11) is 0. The fourth-order valence-electron chi connectivity index (χ4n) is 2.49. The Balaban J connectivity index is 1.93. The zero-order valence-corrected chi connectivity index (χ0v) is 12.0. The van der Waals surface area contributed by atoms with Crippen LogP contribution in [-0.4, -0.2) is 11.2 Å². The molecule has 4 heteroatoms. The Bertz CT molecular complexity index is 651. The van der Waals surface area contributed by atoms with Gasteiger partial charge in [0, 0.05) is 18.7 Å². The predicted molar refractivity (Wildman–Crippen MR) is 77.7 cm³/mol. The Labute approximate surface area is 120 Å². The molecule has 0 bridgehead atoms. The van der Waals surface area contributed by atoms with Gasteiger partial charge in [0.25, 0.3) is 5.56 Å². The molecule has 0 N–H and O–H groups in total. The number of nitrogens with zero attached hydrogens (tertiary/aromatic N) is 1. The van der Waals surface area contributed by atoms with E-state index < -0.39 is 0 Å². The van der Waals surface area contributed by atoms with Crippen LogP contribution in [0.15, 0.2) is 51.9 Å². The Morgan fingerprint density at radius 3 is 3.00 bits per heavy atom. The highest BCUT2D eigenvalue weighted by molar-refractivity contribution is 9.10. The first-order valence-corrected chi connectivity index (χ1v) is 7.11. The van der Waals surface area contributed by atoms with Crippen molar-refractivity contribution in [3.63, 3.8) is 0 Å². The zero-order valence-electron chi connectivity index (χ0n) is 10.4. The van der Waals surface area contributed by atoms with Crippen LogP contribution in [0.5, 0.6) is 5.75 Å². The lowest BCUT2D eigenvalue weighted by molar-refractivity contribution is 0.258. The summed E-state index contributed by atoms with van der Waals surface area (Å²) < 4.78 is 8.02. The molecular weight excluding hydrogens is 306 g/mol. The minimum Gasteiger partial charge on any atom is -0.493 e. The van der Waals surface area contributed by atoms with Crippen molar-refractivity contribution in [2.45, 2.75) is 18.9 Å². The first-order chi connectivity index (χ1) is 9.25. The van der Waals surface area contributed by atoms with Crippen molar-refractivity contribution in [2.24, 2.45) is 0 Å². The third-order valence-electron chi connectivity index (χ3n) is 3.47. The van der Waals surface area contributed by atoms with Crippen LogP contribution >= 0.6 is 15.9 Å². The third-order valence-corrected chi connectivity index (χ3v) is 4.08. The molecular formula is C15H14BrNO2. The molecule has 3 nitrogen and oxygen atoms in total. The third kappa shape index (κ3) is 2.45. The second-order valence-electron chi connectivity index (χ2n) is 4.69. The summed E-state index contributed by atoms with van der Waals surface area (Å²) in [5.41, 5.74) is 1.21. The van der Waals surface area contributed by atoms with Crippen LogP contribution in [0.2, 0.25) is 0 Å². The van der Waals surface area contributed by atoms with Gasteiger partial charge >= 0.3 is 0 Å². The summed E-state index contributed by atoms with van der Waals surface area (Å²) in [6.45, 7) is 1.41. The smallest absolute Gasteiger partial charge is 0.264 e. The van der Waals surface area contributed by atoms with Crippen molar-refractivity contribution < 1.29 is 4.74 Å². The van der Waals surface area contributed by atoms with Crippen LogP contribution in [-0.2, 0) is 6.54 Å². The fourth-order valence-corrected chi connectivity index (χ4v) is 2.87. The Kier molecular flexibility index (Phi) is 3.42. The maximum atomic E-state index is 12.0. The van der Waals surface area contributed by atoms with Gasteiger partial charge < -0.3 is 9.30 Å². The zero-order chi connectivity index (χ0) is 13.2. The molecule has 0 amide bonds. The Morgan fingerprint density at radius 2 is 2.11 bits per heavy atom. The van der Waals surface area contributed by atoms with Gasteiger partial charge in [-0.1, -0.05) is 18.2 Å². The number of hydrogen-bond donors (Lipinski definition) is 0. The average molecular weight is 320 g/mol. The molecule has 2 heterocycles. The number of benzene rings is 1. The number of halogens is 1. The van der Waals surface area contributed by atoms with E-state index in [2.05, 4.69) is 22.0 Å². The average Bonchev–Trinajstić information content (AvgIpc) is 2.44. The first-order valence-electron chi connectivity index (χ1n) is 6.32. The Hall–Kier alpha value is -1.55. The van der Waals surface area contributed by atoms with Crippen molar-refractivity contribution in [3.8, 4) is 5.75 Å². The Morgan fingerprint density at radius 1 is 1.26 bits per heavy atom. The summed E-state index contributed by atoms with van der Waals surface area (Å²) in [6, 6.07) is 11.7. The van der Waals surface area contributed by atoms with Crippen LogP contribution in [0.3, 0.4) is 0 Å². The number of aromatic nitrogens is 1. The van der Waals surface area contributed by atoms with Crippen LogP contribution in [0, 0.1) is 0 Å². The molecule has 1 atom stereocenters. The lowest BCUT2D eigenvalue weighted by Gasteiger charge is -2.26. The second-order valence-corrected chi connectivity index (χ2v) is 5.54. The van der Waals surface area contributed by atoms with Gasteiger partial charge in [-0.3, -0.25) is 4.79 Å². The topological polar surface area (TPSA) is 31.2 Å². The standard InChI is InChI=1S/C15H14BrNO2/c16-13-5-3-8-17(15(13)18)10-11-7-9-19-14-6-2-1-4-12(11)14/h1-6,8,11H,7,9-10H2. The van der Waals surface area contributed by atoms with Gasteiger partial charge in [-0.05, 0) is 46.1 Å². The van der Waals surface area contributed by atoms with Gasteiger partial charge in [0.15, 0.2) is 0 Å². The van der Waals surface area contributed by atoms with E-state index in [1.54, 1.807) is 10.6 Å². The van der Waals surface area contributed by atoms with Crippen molar-refractivity contribution in [1.82, 2.24) is 4.57 Å². The van der Waals surface area contributed by atoms with Crippen molar-refractivity contribution in [3.05, 3.63) is 63.0 Å². The van der Waals surface area contributed by atoms with E-state index in [0.29, 0.717) is 23.5 Å². The van der Waals surface area contributed by atoms with Gasteiger partial charge in [-0.25, -0.2) is 0 Å². The summed E-state index contributed by atoms with van der Waals surface area (Å²) in [5, 5.41) is 0. The molecule has 1 aliphatic heterocycles. The van der Waals surface area contributed by atoms with E-state index in [4.69, 9.17) is 4.74 Å². The highest BCUT2D eigenvalue weighted by atomic mass is 79.9. The molecule has 1 aliphatic rings. The number of rotatable bonds is 2. The number of hydrogen-bond acceptors (Lipinski definition) is 2. The number of pyridine rings is 1. The number of para-hydroxylation sites is 1. The highest BCUT2D eigenvalue weighted by Gasteiger charge is 2.21. The van der Waals surface area contributed by atoms with Crippen LogP contribution in [0.25, 0.3) is 0 Å². The van der Waals surface area contributed by atoms with Gasteiger partial charge in [0.1, 0.15) is 5.75 Å². The summed E-state index contributed by atoms with van der Waals surface area (Å²) in [4.78, 5) is 12.0. The lowest BCUT2D eigenvalue weighted by Crippen LogP contribution is -2.25. The maximum absolute atomic E-state index is 12.0. The van der Waals surface area contributed by atoms with Gasteiger partial charge in [-0.15, -0.1) is 0 Å². The van der Waals surface area contributed by atoms with Crippen LogP contribution in [0.4, 0.5) is 0 Å². The molecule has 0 saturated heterocycles. The molecule has 0 spiro atoms. The van der Waals surface area contributed by atoms with Crippen LogP contribution in [0.1, 0.15) is 17.9 Å². The van der Waals surface area contributed by atoms with E-state index in [-0.39, 0.29) is 5.56 Å². The monoisotopic (exact) mass is 319 g/mol. The summed E-state index contributed by atoms with van der Waals surface area (Å²) in [5.74, 6) is 1.28. The molecule has 1 aromatic carbocycles. The van der Waals surface area contributed by atoms with Gasteiger partial charge in [0.05, 0.1) is 11.1 Å². The molecule has 0 saturated carbocycles. The largest absolute Gasteiger partial charge is 0.493 e. The fraction of sp³-hybridized carbons (Fsp3) is 0.267. The molecule has 0 radical (unpaired) electrons. The van der Waals surface area contributed by atoms with E-state index in [9.17, 15) is 4.79 Å². The van der Waals surface area contributed by atoms with Crippen LogP contribution < -0.4 is 10.3 Å². The normalized spacial score (nSPS) is 17.6. The molecule has 1 aromatic heterocycles. The molecule has 0 fully saturated rings. The lowest BCUT2D eigenvalue weighted by atomic mass is 9.93. The molecule has 1 unspecified atom stereocenters. The highest BCUT2D eigenvalue weighted by Crippen LogP contribution is 2.34. The molecule has 0 aliphatic carbocycles. The van der Waals surface area contributed by atoms with E-state index in [0.717, 1.165) is 12.2 Å². The van der Waals surface area contributed by atoms with Gasteiger partial charge in [0.2, 0.25) is 0 Å². The quantitative estimate of drug-likeness (QED) is 0.851. The van der Waals surface area contributed by atoms with Crippen molar-refractivity contribution in [1.29, 1.82) is 0 Å². The van der Waals surface area contributed by atoms with E-state index in [1.165, 1.54) is 5.56 Å². The number of fused-ring (bicyclic) bond motifs is 1. The van der Waals surface area contributed by atoms with Crippen molar-refractivity contribution >= 4 is 15.9 Å². The SMILES string of the molecule is O=c1c(Br)cccn1CC1CCOc2ccccc21. The molecule has 2 aromatic rings. The minimum atomic E-state index is 0.0199. The van der Waals surface area contributed by atoms with Crippen molar-refractivity contribution in [2.75, 3.05) is 6.61 Å². The second kappa shape index (κ2) is 5.21. The molecule has 98 valence electrons. The maximum Gasteiger partial charge on any atom is 0.264 e. The van der Waals surface area contributed by atoms with E-state index in [1.807, 2.05) is 30.5 Å². The molecule has 3 rings (SSSR count). The molecule has 19 heavy (non-hydrogen) atoms. The van der Waals surface area contributed by atoms with Gasteiger partial charge in [-0.2, -0.15) is 0 Å². The summed E-state index contributed by atoms with van der Waals surface area (Å²) >= 11 is 3.28. The first kappa shape index (κ1) is 12.5. The minimum absolute atomic E-state index is 0.0199. The summed E-state index contributed by atoms with van der Waals surface area (Å²) in [6.07, 6.45) is 2.78.